The second kappa shape index (κ2) is 9.35. The third-order valence-corrected chi connectivity index (χ3v) is 7.33. The molecule has 1 saturated heterocycles. The van der Waals surface area contributed by atoms with Crippen LogP contribution < -0.4 is 15.3 Å². The van der Waals surface area contributed by atoms with Crippen molar-refractivity contribution in [3.63, 3.8) is 0 Å². The Morgan fingerprint density at radius 3 is 2.62 bits per heavy atom. The molecule has 3 aromatic rings. The predicted molar refractivity (Wildman–Crippen MR) is 148 cm³/mol. The highest BCUT2D eigenvalue weighted by atomic mass is 79.9. The highest BCUT2D eigenvalue weighted by molar-refractivity contribution is 9.10. The average Bonchev–Trinajstić information content (AvgIpc) is 2.94. The van der Waals surface area contributed by atoms with Gasteiger partial charge in [-0.25, -0.2) is 9.59 Å². The van der Waals surface area contributed by atoms with Crippen molar-refractivity contribution in [3.8, 4) is 11.4 Å². The van der Waals surface area contributed by atoms with Crippen LogP contribution in [0, 0.1) is 0 Å². The maximum atomic E-state index is 13.7. The number of aromatic nitrogens is 2. The van der Waals surface area contributed by atoms with Crippen LogP contribution in [0.3, 0.4) is 0 Å². The fourth-order valence-corrected chi connectivity index (χ4v) is 5.63. The normalized spacial score (nSPS) is 19.5. The van der Waals surface area contributed by atoms with Crippen LogP contribution in [0.4, 0.5) is 10.6 Å². The first-order chi connectivity index (χ1) is 17.4. The lowest BCUT2D eigenvalue weighted by molar-refractivity contribution is 0.0109. The van der Waals surface area contributed by atoms with Crippen molar-refractivity contribution in [2.75, 3.05) is 24.6 Å². The van der Waals surface area contributed by atoms with Gasteiger partial charge in [-0.1, -0.05) is 48.0 Å². The lowest BCUT2D eigenvalue weighted by Crippen LogP contribution is -2.61. The van der Waals surface area contributed by atoms with Gasteiger partial charge in [-0.05, 0) is 57.4 Å². The number of ether oxygens (including phenoxy) is 2. The van der Waals surface area contributed by atoms with E-state index in [1.807, 2.05) is 64.1 Å². The van der Waals surface area contributed by atoms with E-state index < -0.39 is 5.60 Å². The van der Waals surface area contributed by atoms with E-state index in [9.17, 15) is 9.59 Å². The number of benzene rings is 2. The Morgan fingerprint density at radius 1 is 1.19 bits per heavy atom. The zero-order chi connectivity index (χ0) is 26.6. The number of nitrogens with zero attached hydrogens (tertiary/aromatic N) is 4. The molecule has 2 atom stereocenters. The molecule has 37 heavy (non-hydrogen) atoms. The number of carbonyl (C=O) groups is 1. The van der Waals surface area contributed by atoms with E-state index in [0.717, 1.165) is 26.6 Å². The summed E-state index contributed by atoms with van der Waals surface area (Å²) in [6.07, 6.45) is -0.344. The Bertz CT molecular complexity index is 1430. The lowest BCUT2D eigenvalue weighted by Gasteiger charge is -2.44. The summed E-state index contributed by atoms with van der Waals surface area (Å²) in [7, 11) is 0. The van der Waals surface area contributed by atoms with Gasteiger partial charge in [0.05, 0.1) is 22.6 Å². The summed E-state index contributed by atoms with van der Waals surface area (Å²) in [5, 5.41) is 0.793. The summed E-state index contributed by atoms with van der Waals surface area (Å²) >= 11 is 3.62. The van der Waals surface area contributed by atoms with Gasteiger partial charge in [0.15, 0.2) is 0 Å². The highest BCUT2D eigenvalue weighted by Gasteiger charge is 2.40. The summed E-state index contributed by atoms with van der Waals surface area (Å²) < 4.78 is 14.5. The molecule has 0 spiro atoms. The number of fused-ring (bicyclic) bond motifs is 2. The van der Waals surface area contributed by atoms with Gasteiger partial charge < -0.3 is 19.3 Å². The number of rotatable bonds is 2. The molecular weight excluding hydrogens is 536 g/mol. The number of hydrogen-bond donors (Lipinski definition) is 0. The van der Waals surface area contributed by atoms with Gasteiger partial charge >= 0.3 is 11.8 Å². The molecule has 0 radical (unpaired) electrons. The van der Waals surface area contributed by atoms with Gasteiger partial charge in [-0.3, -0.25) is 4.57 Å². The van der Waals surface area contributed by atoms with Crippen LogP contribution in [-0.4, -0.2) is 57.9 Å². The zero-order valence-corrected chi connectivity index (χ0v) is 23.7. The van der Waals surface area contributed by atoms with Crippen LogP contribution in [0.1, 0.15) is 53.0 Å². The summed E-state index contributed by atoms with van der Waals surface area (Å²) in [5.41, 5.74) is 1.68. The molecule has 9 heteroatoms. The SMILES string of the molecule is CC(C)c1ccccc1-n1c(=O)nc2c3c(cc(Br)cc31)OC[C@@H]1CN(C(=O)OC(C)(C)C)[C@H](C)CN21. The van der Waals surface area contributed by atoms with Crippen LogP contribution in [0.5, 0.6) is 5.75 Å². The molecule has 0 bridgehead atoms. The molecule has 1 fully saturated rings. The van der Waals surface area contributed by atoms with Crippen molar-refractivity contribution >= 4 is 38.7 Å². The number of hydrogen-bond acceptors (Lipinski definition) is 6. The molecule has 5 rings (SSSR count). The molecule has 1 amide bonds. The van der Waals surface area contributed by atoms with Crippen LogP contribution >= 0.6 is 15.9 Å². The van der Waals surface area contributed by atoms with Crippen molar-refractivity contribution in [1.82, 2.24) is 14.5 Å². The number of carbonyl (C=O) groups excluding carboxylic acids is 1. The molecule has 2 aliphatic rings. The Kier molecular flexibility index (Phi) is 6.46. The fourth-order valence-electron chi connectivity index (χ4n) is 5.20. The first-order valence-corrected chi connectivity index (χ1v) is 13.5. The third-order valence-electron chi connectivity index (χ3n) is 6.88. The predicted octanol–water partition coefficient (Wildman–Crippen LogP) is 5.48. The van der Waals surface area contributed by atoms with E-state index in [-0.39, 0.29) is 29.8 Å². The summed E-state index contributed by atoms with van der Waals surface area (Å²) in [6.45, 7) is 13.1. The van der Waals surface area contributed by atoms with Crippen molar-refractivity contribution in [2.45, 2.75) is 65.1 Å². The molecule has 0 saturated carbocycles. The Hall–Kier alpha value is -3.07. The summed E-state index contributed by atoms with van der Waals surface area (Å²) in [6, 6.07) is 11.5. The summed E-state index contributed by atoms with van der Waals surface area (Å²) in [5.74, 6) is 1.48. The van der Waals surface area contributed by atoms with Crippen LogP contribution in [0.2, 0.25) is 0 Å². The van der Waals surface area contributed by atoms with E-state index in [4.69, 9.17) is 9.47 Å². The molecule has 1 aromatic heterocycles. The average molecular weight is 570 g/mol. The molecule has 8 nitrogen and oxygen atoms in total. The van der Waals surface area contributed by atoms with E-state index in [2.05, 4.69) is 39.7 Å². The van der Waals surface area contributed by atoms with Gasteiger partial charge in [-0.15, -0.1) is 0 Å². The Morgan fingerprint density at radius 2 is 1.92 bits per heavy atom. The minimum absolute atomic E-state index is 0.135. The van der Waals surface area contributed by atoms with Crippen molar-refractivity contribution in [1.29, 1.82) is 0 Å². The molecule has 2 aliphatic heterocycles. The van der Waals surface area contributed by atoms with Crippen LogP contribution in [-0.2, 0) is 4.74 Å². The van der Waals surface area contributed by atoms with Gasteiger partial charge in [0.25, 0.3) is 0 Å². The number of anilines is 1. The van der Waals surface area contributed by atoms with Gasteiger partial charge in [0, 0.05) is 23.6 Å². The minimum Gasteiger partial charge on any atom is -0.490 e. The van der Waals surface area contributed by atoms with E-state index >= 15 is 0 Å². The van der Waals surface area contributed by atoms with Crippen molar-refractivity contribution in [2.24, 2.45) is 0 Å². The molecule has 2 aromatic carbocycles. The molecule has 196 valence electrons. The van der Waals surface area contributed by atoms with E-state index in [0.29, 0.717) is 31.3 Å². The molecule has 0 aliphatic carbocycles. The maximum absolute atomic E-state index is 13.7. The monoisotopic (exact) mass is 568 g/mol. The first kappa shape index (κ1) is 25.6. The molecule has 0 N–H and O–H groups in total. The summed E-state index contributed by atoms with van der Waals surface area (Å²) in [4.78, 5) is 35.2. The first-order valence-electron chi connectivity index (χ1n) is 12.7. The fraction of sp³-hybridized carbons (Fsp3) is 0.464. The molecule has 3 heterocycles. The highest BCUT2D eigenvalue weighted by Crippen LogP contribution is 2.40. The van der Waals surface area contributed by atoms with E-state index in [1.54, 1.807) is 9.47 Å². The largest absolute Gasteiger partial charge is 0.490 e. The number of para-hydroxylation sites is 1. The van der Waals surface area contributed by atoms with Crippen molar-refractivity contribution in [3.05, 3.63) is 56.9 Å². The second-order valence-corrected chi connectivity index (χ2v) is 12.1. The Labute approximate surface area is 225 Å². The molecule has 0 unspecified atom stereocenters. The maximum Gasteiger partial charge on any atom is 0.410 e. The third kappa shape index (κ3) is 4.69. The Balaban J connectivity index is 1.65. The van der Waals surface area contributed by atoms with Crippen LogP contribution in [0.25, 0.3) is 16.6 Å². The van der Waals surface area contributed by atoms with E-state index in [1.165, 1.54) is 0 Å². The zero-order valence-electron chi connectivity index (χ0n) is 22.1. The van der Waals surface area contributed by atoms with Gasteiger partial charge in [-0.2, -0.15) is 4.98 Å². The lowest BCUT2D eigenvalue weighted by atomic mass is 10.0. The molecular formula is C28H33BrN4O4. The quantitative estimate of drug-likeness (QED) is 0.407. The minimum atomic E-state index is -0.582. The van der Waals surface area contributed by atoms with Gasteiger partial charge in [0.2, 0.25) is 0 Å². The topological polar surface area (TPSA) is 76.9 Å². The smallest absolute Gasteiger partial charge is 0.410 e. The van der Waals surface area contributed by atoms with Gasteiger partial charge in [0.1, 0.15) is 23.8 Å². The number of halogens is 1. The number of piperazine rings is 1. The number of amides is 1. The second-order valence-electron chi connectivity index (χ2n) is 11.2. The standard InChI is InChI=1S/C28H33BrN4O4/c1-16(2)20-9-7-8-10-21(20)33-22-11-18(29)12-23-24(22)25(30-26(33)34)32-13-17(3)31(14-19(32)15-36-23)27(35)37-28(4,5)6/h7-12,16-17,19H,13-15H2,1-6H3/t17-,19+/m1/s1. The van der Waals surface area contributed by atoms with Crippen molar-refractivity contribution < 1.29 is 14.3 Å². The van der Waals surface area contributed by atoms with Crippen LogP contribution in [0.15, 0.2) is 45.7 Å².